The van der Waals surface area contributed by atoms with Gasteiger partial charge in [-0.05, 0) is 59.3 Å². The van der Waals surface area contributed by atoms with Crippen LogP contribution >= 0.6 is 15.9 Å². The molecular formula is C17H24BrNO2. The van der Waals surface area contributed by atoms with Gasteiger partial charge in [0.1, 0.15) is 13.2 Å². The monoisotopic (exact) mass is 353 g/mol. The van der Waals surface area contributed by atoms with Crippen molar-refractivity contribution in [3.63, 3.8) is 0 Å². The highest BCUT2D eigenvalue weighted by Crippen LogP contribution is 2.38. The van der Waals surface area contributed by atoms with Crippen LogP contribution in [0.3, 0.4) is 0 Å². The lowest BCUT2D eigenvalue weighted by Crippen LogP contribution is -2.34. The first-order chi connectivity index (χ1) is 10.2. The normalized spacial score (nSPS) is 20.3. The van der Waals surface area contributed by atoms with Gasteiger partial charge in [0.2, 0.25) is 0 Å². The Bertz CT molecular complexity index is 486. The smallest absolute Gasteiger partial charge is 0.175 e. The Morgan fingerprint density at radius 3 is 2.76 bits per heavy atom. The van der Waals surface area contributed by atoms with E-state index in [4.69, 9.17) is 9.47 Å². The summed E-state index contributed by atoms with van der Waals surface area (Å²) in [6, 6.07) is 4.81. The highest BCUT2D eigenvalue weighted by atomic mass is 79.9. The molecule has 1 aromatic rings. The minimum atomic E-state index is 0.581. The third-order valence-electron chi connectivity index (χ3n) is 4.64. The second kappa shape index (κ2) is 7.01. The predicted molar refractivity (Wildman–Crippen MR) is 88.0 cm³/mol. The van der Waals surface area contributed by atoms with Crippen molar-refractivity contribution < 1.29 is 9.47 Å². The van der Waals surface area contributed by atoms with E-state index >= 15 is 0 Å². The zero-order chi connectivity index (χ0) is 14.7. The first-order valence-corrected chi connectivity index (χ1v) is 8.85. The Morgan fingerprint density at radius 2 is 1.95 bits per heavy atom. The number of hydrogen-bond donors (Lipinski definition) is 1. The summed E-state index contributed by atoms with van der Waals surface area (Å²) in [4.78, 5) is 0. The quantitative estimate of drug-likeness (QED) is 0.876. The van der Waals surface area contributed by atoms with E-state index in [9.17, 15) is 0 Å². The van der Waals surface area contributed by atoms with E-state index in [2.05, 4.69) is 40.3 Å². The minimum absolute atomic E-state index is 0.581. The van der Waals surface area contributed by atoms with Gasteiger partial charge in [0.15, 0.2) is 11.5 Å². The molecule has 1 aliphatic carbocycles. The summed E-state index contributed by atoms with van der Waals surface area (Å²) in [6.07, 6.45) is 6.95. The van der Waals surface area contributed by atoms with Crippen molar-refractivity contribution in [2.75, 3.05) is 13.2 Å². The summed E-state index contributed by atoms with van der Waals surface area (Å²) in [5, 5.41) is 3.69. The molecule has 1 fully saturated rings. The molecule has 21 heavy (non-hydrogen) atoms. The van der Waals surface area contributed by atoms with E-state index < -0.39 is 0 Å². The van der Waals surface area contributed by atoms with Crippen molar-refractivity contribution >= 4 is 15.9 Å². The standard InChI is InChI=1S/C17H24BrNO2/c1-12(14-5-3-2-4-6-14)19-11-13-9-15(18)17-16(10-13)20-7-8-21-17/h9-10,12,14,19H,2-8,11H2,1H3/t12-/m1/s1. The maximum Gasteiger partial charge on any atom is 0.175 e. The van der Waals surface area contributed by atoms with E-state index in [1.165, 1.54) is 37.7 Å². The number of halogens is 1. The van der Waals surface area contributed by atoms with Gasteiger partial charge in [-0.15, -0.1) is 0 Å². The number of ether oxygens (including phenoxy) is 2. The fourth-order valence-corrected chi connectivity index (χ4v) is 3.95. The molecule has 0 amide bonds. The minimum Gasteiger partial charge on any atom is -0.486 e. The molecule has 0 spiro atoms. The molecule has 3 rings (SSSR count). The van der Waals surface area contributed by atoms with Gasteiger partial charge in [-0.1, -0.05) is 19.3 Å². The van der Waals surface area contributed by atoms with Crippen molar-refractivity contribution in [1.82, 2.24) is 5.32 Å². The molecule has 1 saturated carbocycles. The zero-order valence-electron chi connectivity index (χ0n) is 12.7. The highest BCUT2D eigenvalue weighted by Gasteiger charge is 2.20. The molecule has 1 heterocycles. The van der Waals surface area contributed by atoms with E-state index in [1.54, 1.807) is 0 Å². The lowest BCUT2D eigenvalue weighted by molar-refractivity contribution is 0.170. The summed E-state index contributed by atoms with van der Waals surface area (Å²) in [7, 11) is 0. The molecule has 0 bridgehead atoms. The number of hydrogen-bond acceptors (Lipinski definition) is 3. The van der Waals surface area contributed by atoms with Crippen LogP contribution < -0.4 is 14.8 Å². The number of benzene rings is 1. The molecule has 1 aliphatic heterocycles. The van der Waals surface area contributed by atoms with Crippen LogP contribution in [-0.4, -0.2) is 19.3 Å². The summed E-state index contributed by atoms with van der Waals surface area (Å²) in [5.74, 6) is 2.53. The van der Waals surface area contributed by atoms with Gasteiger partial charge < -0.3 is 14.8 Å². The van der Waals surface area contributed by atoms with Gasteiger partial charge in [-0.2, -0.15) is 0 Å². The van der Waals surface area contributed by atoms with Gasteiger partial charge in [-0.25, -0.2) is 0 Å². The van der Waals surface area contributed by atoms with Gasteiger partial charge in [0.05, 0.1) is 4.47 Å². The van der Waals surface area contributed by atoms with Crippen LogP contribution in [0.2, 0.25) is 0 Å². The Hall–Kier alpha value is -0.740. The van der Waals surface area contributed by atoms with E-state index in [-0.39, 0.29) is 0 Å². The molecule has 2 aliphatic rings. The molecule has 0 aromatic heterocycles. The Labute approximate surface area is 135 Å². The van der Waals surface area contributed by atoms with Crippen LogP contribution in [0.4, 0.5) is 0 Å². The van der Waals surface area contributed by atoms with Crippen molar-refractivity contribution in [1.29, 1.82) is 0 Å². The van der Waals surface area contributed by atoms with Gasteiger partial charge in [-0.3, -0.25) is 0 Å². The maximum atomic E-state index is 5.69. The van der Waals surface area contributed by atoms with Crippen molar-refractivity contribution in [3.05, 3.63) is 22.2 Å². The molecule has 3 nitrogen and oxygen atoms in total. The highest BCUT2D eigenvalue weighted by molar-refractivity contribution is 9.10. The molecule has 0 radical (unpaired) electrons. The van der Waals surface area contributed by atoms with Crippen molar-refractivity contribution in [2.24, 2.45) is 5.92 Å². The van der Waals surface area contributed by atoms with Crippen LogP contribution in [0, 0.1) is 5.92 Å². The Kier molecular flexibility index (Phi) is 5.07. The summed E-state index contributed by atoms with van der Waals surface area (Å²) < 4.78 is 12.3. The SMILES string of the molecule is C[C@@H](NCc1cc(Br)c2c(c1)OCCO2)C1CCCCC1. The van der Waals surface area contributed by atoms with Crippen LogP contribution in [0.5, 0.6) is 11.5 Å². The fraction of sp³-hybridized carbons (Fsp3) is 0.647. The van der Waals surface area contributed by atoms with Crippen LogP contribution in [0.1, 0.15) is 44.6 Å². The molecule has 1 aromatic carbocycles. The maximum absolute atomic E-state index is 5.69. The number of nitrogens with one attached hydrogen (secondary N) is 1. The van der Waals surface area contributed by atoms with E-state index in [1.807, 2.05) is 0 Å². The lowest BCUT2D eigenvalue weighted by Gasteiger charge is -2.28. The summed E-state index contributed by atoms with van der Waals surface area (Å²) >= 11 is 3.58. The predicted octanol–water partition coefficient (Wildman–Crippen LogP) is 4.28. The van der Waals surface area contributed by atoms with E-state index in [0.29, 0.717) is 19.3 Å². The lowest BCUT2D eigenvalue weighted by atomic mass is 9.84. The second-order valence-corrected chi connectivity index (χ2v) is 7.02. The Morgan fingerprint density at radius 1 is 1.19 bits per heavy atom. The summed E-state index contributed by atoms with van der Waals surface area (Å²) in [6.45, 7) is 4.46. The molecule has 4 heteroatoms. The second-order valence-electron chi connectivity index (χ2n) is 6.17. The van der Waals surface area contributed by atoms with Gasteiger partial charge in [0, 0.05) is 12.6 Å². The molecule has 0 saturated heterocycles. The molecule has 1 atom stereocenters. The number of rotatable bonds is 4. The molecule has 0 unspecified atom stereocenters. The van der Waals surface area contributed by atoms with Crippen LogP contribution in [0.25, 0.3) is 0 Å². The average molecular weight is 354 g/mol. The van der Waals surface area contributed by atoms with Crippen molar-refractivity contribution in [3.8, 4) is 11.5 Å². The van der Waals surface area contributed by atoms with Crippen molar-refractivity contribution in [2.45, 2.75) is 51.6 Å². The summed E-state index contributed by atoms with van der Waals surface area (Å²) in [5.41, 5.74) is 1.24. The first kappa shape index (κ1) is 15.2. The number of fused-ring (bicyclic) bond motifs is 1. The largest absolute Gasteiger partial charge is 0.486 e. The fourth-order valence-electron chi connectivity index (χ4n) is 3.35. The third-order valence-corrected chi connectivity index (χ3v) is 5.23. The molecule has 116 valence electrons. The van der Waals surface area contributed by atoms with Gasteiger partial charge >= 0.3 is 0 Å². The molecular weight excluding hydrogens is 330 g/mol. The topological polar surface area (TPSA) is 30.5 Å². The van der Waals surface area contributed by atoms with Crippen LogP contribution in [0.15, 0.2) is 16.6 Å². The van der Waals surface area contributed by atoms with Crippen LogP contribution in [-0.2, 0) is 6.54 Å². The first-order valence-electron chi connectivity index (χ1n) is 8.05. The average Bonchev–Trinajstić information content (AvgIpc) is 2.53. The zero-order valence-corrected chi connectivity index (χ0v) is 14.2. The Balaban J connectivity index is 1.61. The molecule has 1 N–H and O–H groups in total. The van der Waals surface area contributed by atoms with E-state index in [0.717, 1.165) is 28.4 Å². The van der Waals surface area contributed by atoms with Gasteiger partial charge in [0.25, 0.3) is 0 Å². The third kappa shape index (κ3) is 3.72.